The van der Waals surface area contributed by atoms with Gasteiger partial charge in [-0.05, 0) is 17.7 Å². The predicted molar refractivity (Wildman–Crippen MR) is 53.6 cm³/mol. The highest BCUT2D eigenvalue weighted by Crippen LogP contribution is 2.11. The lowest BCUT2D eigenvalue weighted by atomic mass is 10.2. The van der Waals surface area contributed by atoms with Crippen molar-refractivity contribution in [3.8, 4) is 0 Å². The topological polar surface area (TPSA) is 38.1 Å². The van der Waals surface area contributed by atoms with Crippen molar-refractivity contribution in [2.24, 2.45) is 0 Å². The molecule has 2 aromatic rings. The van der Waals surface area contributed by atoms with Crippen LogP contribution in [-0.4, -0.2) is 14.7 Å². The molecule has 0 atom stereocenters. The minimum absolute atomic E-state index is 0.155. The van der Waals surface area contributed by atoms with Gasteiger partial charge in [0.25, 0.3) is 0 Å². The number of hydrogen-bond donors (Lipinski definition) is 1. The summed E-state index contributed by atoms with van der Waals surface area (Å²) in [6.45, 7) is 0.127. The number of aliphatic hydroxyl groups excluding tert-OH is 1. The molecule has 1 N–H and O–H groups in total. The second-order valence-electron chi connectivity index (χ2n) is 3.45. The van der Waals surface area contributed by atoms with Crippen LogP contribution in [0.15, 0.2) is 30.7 Å². The maximum Gasteiger partial charge on any atom is 0.126 e. The molecule has 0 saturated carbocycles. The van der Waals surface area contributed by atoms with Gasteiger partial charge in [-0.15, -0.1) is 0 Å². The van der Waals surface area contributed by atoms with E-state index in [0.29, 0.717) is 11.3 Å². The molecule has 3 nitrogen and oxygen atoms in total. The van der Waals surface area contributed by atoms with Crippen LogP contribution in [0.4, 0.5) is 8.78 Å². The summed E-state index contributed by atoms with van der Waals surface area (Å²) in [6, 6.07) is 3.33. The minimum atomic E-state index is -0.610. The molecule has 84 valence electrons. The van der Waals surface area contributed by atoms with E-state index in [1.165, 1.54) is 24.7 Å². The van der Waals surface area contributed by atoms with Crippen LogP contribution < -0.4 is 0 Å². The van der Waals surface area contributed by atoms with Crippen molar-refractivity contribution in [3.63, 3.8) is 0 Å². The van der Waals surface area contributed by atoms with E-state index in [4.69, 9.17) is 5.11 Å². The Morgan fingerprint density at radius 3 is 2.50 bits per heavy atom. The lowest BCUT2D eigenvalue weighted by molar-refractivity contribution is 0.271. The molecule has 0 amide bonds. The first kappa shape index (κ1) is 10.8. The zero-order valence-electron chi connectivity index (χ0n) is 8.40. The van der Waals surface area contributed by atoms with Gasteiger partial charge in [0.1, 0.15) is 11.6 Å². The zero-order chi connectivity index (χ0) is 11.5. The molecule has 0 spiro atoms. The van der Waals surface area contributed by atoms with Gasteiger partial charge >= 0.3 is 0 Å². The van der Waals surface area contributed by atoms with E-state index >= 15 is 0 Å². The molecule has 16 heavy (non-hydrogen) atoms. The van der Waals surface area contributed by atoms with Crippen LogP contribution in [0.3, 0.4) is 0 Å². The van der Waals surface area contributed by atoms with Crippen LogP contribution >= 0.6 is 0 Å². The third-order valence-corrected chi connectivity index (χ3v) is 2.24. The van der Waals surface area contributed by atoms with E-state index in [-0.39, 0.29) is 13.2 Å². The van der Waals surface area contributed by atoms with Gasteiger partial charge in [-0.3, -0.25) is 0 Å². The molecule has 1 aromatic heterocycles. The monoisotopic (exact) mass is 224 g/mol. The van der Waals surface area contributed by atoms with Gasteiger partial charge in [-0.1, -0.05) is 0 Å². The SMILES string of the molecule is OCc1cncn1Cc1cc(F)cc(F)c1. The fourth-order valence-corrected chi connectivity index (χ4v) is 1.52. The second kappa shape index (κ2) is 4.40. The Morgan fingerprint density at radius 1 is 1.19 bits per heavy atom. The number of aliphatic hydroxyl groups is 1. The molecule has 1 heterocycles. The maximum atomic E-state index is 12.9. The van der Waals surface area contributed by atoms with Crippen molar-refractivity contribution >= 4 is 0 Å². The lowest BCUT2D eigenvalue weighted by Crippen LogP contribution is -2.03. The first-order valence-electron chi connectivity index (χ1n) is 4.74. The van der Waals surface area contributed by atoms with Gasteiger partial charge < -0.3 is 9.67 Å². The molecule has 0 aliphatic rings. The van der Waals surface area contributed by atoms with E-state index in [2.05, 4.69) is 4.98 Å². The van der Waals surface area contributed by atoms with Crippen LogP contribution in [-0.2, 0) is 13.2 Å². The largest absolute Gasteiger partial charge is 0.390 e. The fourth-order valence-electron chi connectivity index (χ4n) is 1.52. The third-order valence-electron chi connectivity index (χ3n) is 2.24. The summed E-state index contributed by atoms with van der Waals surface area (Å²) in [7, 11) is 0. The summed E-state index contributed by atoms with van der Waals surface area (Å²) in [4.78, 5) is 3.85. The van der Waals surface area contributed by atoms with Gasteiger partial charge in [0.05, 0.1) is 24.8 Å². The van der Waals surface area contributed by atoms with E-state index in [1.807, 2.05) is 0 Å². The molecule has 0 aliphatic carbocycles. The van der Waals surface area contributed by atoms with Gasteiger partial charge in [0, 0.05) is 12.6 Å². The molecule has 0 bridgehead atoms. The average Bonchev–Trinajstić information content (AvgIpc) is 2.63. The van der Waals surface area contributed by atoms with Crippen molar-refractivity contribution < 1.29 is 13.9 Å². The Labute approximate surface area is 91.0 Å². The summed E-state index contributed by atoms with van der Waals surface area (Å²) in [5, 5.41) is 8.99. The van der Waals surface area contributed by atoms with E-state index in [9.17, 15) is 8.78 Å². The highest BCUT2D eigenvalue weighted by molar-refractivity contribution is 5.19. The Balaban J connectivity index is 2.26. The number of aromatic nitrogens is 2. The fraction of sp³-hybridized carbons (Fsp3) is 0.182. The smallest absolute Gasteiger partial charge is 0.126 e. The quantitative estimate of drug-likeness (QED) is 0.861. The number of rotatable bonds is 3. The van der Waals surface area contributed by atoms with Crippen molar-refractivity contribution in [2.45, 2.75) is 13.2 Å². The van der Waals surface area contributed by atoms with Gasteiger partial charge in [0.15, 0.2) is 0 Å². The first-order chi connectivity index (χ1) is 7.69. The Morgan fingerprint density at radius 2 is 1.88 bits per heavy atom. The van der Waals surface area contributed by atoms with E-state index in [1.54, 1.807) is 4.57 Å². The second-order valence-corrected chi connectivity index (χ2v) is 3.45. The molecule has 0 saturated heterocycles. The standard InChI is InChI=1S/C11H10F2N2O/c12-9-1-8(2-10(13)3-9)5-15-7-14-4-11(15)6-16/h1-4,7,16H,5-6H2. The Bertz CT molecular complexity index is 476. The first-order valence-corrected chi connectivity index (χ1v) is 4.74. The van der Waals surface area contributed by atoms with Crippen molar-refractivity contribution in [3.05, 3.63) is 53.6 Å². The third kappa shape index (κ3) is 2.25. The van der Waals surface area contributed by atoms with Gasteiger partial charge in [0.2, 0.25) is 0 Å². The minimum Gasteiger partial charge on any atom is -0.390 e. The van der Waals surface area contributed by atoms with Crippen LogP contribution in [0.25, 0.3) is 0 Å². The number of halogens is 2. The van der Waals surface area contributed by atoms with Crippen LogP contribution in [0.1, 0.15) is 11.3 Å². The van der Waals surface area contributed by atoms with E-state index < -0.39 is 11.6 Å². The van der Waals surface area contributed by atoms with Crippen molar-refractivity contribution in [2.75, 3.05) is 0 Å². The molecule has 0 radical (unpaired) electrons. The molecule has 2 rings (SSSR count). The predicted octanol–water partition coefficient (Wildman–Crippen LogP) is 1.70. The highest BCUT2D eigenvalue weighted by atomic mass is 19.1. The summed E-state index contributed by atoms with van der Waals surface area (Å²) in [6.07, 6.45) is 3.02. The number of imidazole rings is 1. The molecule has 5 heteroatoms. The van der Waals surface area contributed by atoms with Gasteiger partial charge in [-0.2, -0.15) is 0 Å². The molecule has 0 aliphatic heterocycles. The molecule has 1 aromatic carbocycles. The molecule has 0 fully saturated rings. The summed E-state index contributed by atoms with van der Waals surface area (Å²) in [5.41, 5.74) is 1.09. The molecular formula is C11H10F2N2O. The van der Waals surface area contributed by atoms with Crippen LogP contribution in [0.2, 0.25) is 0 Å². The van der Waals surface area contributed by atoms with Crippen LogP contribution in [0.5, 0.6) is 0 Å². The molecular weight excluding hydrogens is 214 g/mol. The number of nitrogens with zero attached hydrogens (tertiary/aromatic N) is 2. The normalized spacial score (nSPS) is 10.7. The van der Waals surface area contributed by atoms with E-state index in [0.717, 1.165) is 6.07 Å². The Hall–Kier alpha value is -1.75. The summed E-state index contributed by atoms with van der Waals surface area (Å²) in [5.74, 6) is -1.22. The summed E-state index contributed by atoms with van der Waals surface area (Å²) < 4.78 is 27.5. The summed E-state index contributed by atoms with van der Waals surface area (Å²) >= 11 is 0. The molecule has 0 unspecified atom stereocenters. The van der Waals surface area contributed by atoms with Crippen LogP contribution in [0, 0.1) is 11.6 Å². The number of benzene rings is 1. The maximum absolute atomic E-state index is 12.9. The Kier molecular flexibility index (Phi) is 2.96. The average molecular weight is 224 g/mol. The zero-order valence-corrected chi connectivity index (χ0v) is 8.40. The number of hydrogen-bond acceptors (Lipinski definition) is 2. The van der Waals surface area contributed by atoms with Crippen molar-refractivity contribution in [1.82, 2.24) is 9.55 Å². The lowest BCUT2D eigenvalue weighted by Gasteiger charge is -2.06. The van der Waals surface area contributed by atoms with Crippen molar-refractivity contribution in [1.29, 1.82) is 0 Å². The van der Waals surface area contributed by atoms with Gasteiger partial charge in [-0.25, -0.2) is 13.8 Å². The highest BCUT2D eigenvalue weighted by Gasteiger charge is 2.04.